The molecule has 1 saturated carbocycles. The highest BCUT2D eigenvalue weighted by molar-refractivity contribution is 6.03. The van der Waals surface area contributed by atoms with Crippen LogP contribution in [0.25, 0.3) is 0 Å². The zero-order valence-electron chi connectivity index (χ0n) is 10.3. The van der Waals surface area contributed by atoms with Crippen molar-refractivity contribution in [2.45, 2.75) is 33.6 Å². The van der Waals surface area contributed by atoms with E-state index in [1.807, 2.05) is 0 Å². The third-order valence-corrected chi connectivity index (χ3v) is 3.69. The van der Waals surface area contributed by atoms with Crippen LogP contribution in [-0.2, 0) is 14.4 Å². The number of carboxylic acids is 2. The van der Waals surface area contributed by atoms with Crippen LogP contribution in [0.1, 0.15) is 33.6 Å². The summed E-state index contributed by atoms with van der Waals surface area (Å²) in [6, 6.07) is 0. The predicted octanol–water partition coefficient (Wildman–Crippen LogP) is 1.41. The molecule has 3 unspecified atom stereocenters. The minimum atomic E-state index is -1.07. The lowest BCUT2D eigenvalue weighted by molar-refractivity contribution is -0.150. The summed E-state index contributed by atoms with van der Waals surface area (Å²) in [5, 5.41) is 18.1. The molecular weight excluding hydrogens is 224 g/mol. The van der Waals surface area contributed by atoms with E-state index < -0.39 is 29.2 Å². The van der Waals surface area contributed by atoms with E-state index >= 15 is 0 Å². The van der Waals surface area contributed by atoms with Gasteiger partial charge in [0, 0.05) is 18.3 Å². The van der Waals surface area contributed by atoms with Crippen LogP contribution >= 0.6 is 0 Å². The molecule has 3 atom stereocenters. The van der Waals surface area contributed by atoms with Gasteiger partial charge in [0.1, 0.15) is 5.78 Å². The quantitative estimate of drug-likeness (QED) is 0.734. The van der Waals surface area contributed by atoms with Gasteiger partial charge in [-0.2, -0.15) is 0 Å². The summed E-state index contributed by atoms with van der Waals surface area (Å²) in [6.07, 6.45) is 0.0321. The lowest BCUT2D eigenvalue weighted by atomic mass is 9.73. The van der Waals surface area contributed by atoms with Crippen LogP contribution in [0, 0.1) is 23.2 Å². The highest BCUT2D eigenvalue weighted by Gasteiger charge is 2.60. The first-order valence-corrected chi connectivity index (χ1v) is 5.68. The van der Waals surface area contributed by atoms with Gasteiger partial charge >= 0.3 is 11.9 Å². The van der Waals surface area contributed by atoms with E-state index in [1.165, 1.54) is 0 Å². The van der Waals surface area contributed by atoms with Crippen molar-refractivity contribution < 1.29 is 24.6 Å². The third-order valence-electron chi connectivity index (χ3n) is 3.69. The monoisotopic (exact) mass is 242 g/mol. The minimum absolute atomic E-state index is 0.0825. The van der Waals surface area contributed by atoms with E-state index in [4.69, 9.17) is 5.11 Å². The molecule has 0 aliphatic heterocycles. The Morgan fingerprint density at radius 2 is 1.82 bits per heavy atom. The molecule has 0 amide bonds. The highest BCUT2D eigenvalue weighted by Crippen LogP contribution is 2.52. The van der Waals surface area contributed by atoms with Crippen LogP contribution in [0.15, 0.2) is 0 Å². The maximum atomic E-state index is 11.4. The van der Waals surface area contributed by atoms with E-state index in [9.17, 15) is 19.5 Å². The molecular formula is C12H18O5. The number of Topliss-reactive ketones (excluding diaryl/α,β-unsaturated/α-hetero) is 1. The zero-order chi connectivity index (χ0) is 13.4. The number of rotatable bonds is 6. The van der Waals surface area contributed by atoms with Gasteiger partial charge in [-0.3, -0.25) is 14.4 Å². The van der Waals surface area contributed by atoms with Crippen LogP contribution in [0.2, 0.25) is 0 Å². The number of carbonyl (C=O) groups is 3. The zero-order valence-corrected chi connectivity index (χ0v) is 10.3. The summed E-state index contributed by atoms with van der Waals surface area (Å²) in [7, 11) is 0. The first-order chi connectivity index (χ1) is 7.70. The van der Waals surface area contributed by atoms with Crippen LogP contribution in [0.5, 0.6) is 0 Å². The molecule has 0 bridgehead atoms. The summed E-state index contributed by atoms with van der Waals surface area (Å²) in [5.41, 5.74) is -0.865. The van der Waals surface area contributed by atoms with Crippen molar-refractivity contribution in [3.63, 3.8) is 0 Å². The van der Waals surface area contributed by atoms with Crippen molar-refractivity contribution in [2.24, 2.45) is 23.2 Å². The van der Waals surface area contributed by atoms with Gasteiger partial charge in [0.15, 0.2) is 0 Å². The van der Waals surface area contributed by atoms with E-state index in [-0.39, 0.29) is 24.5 Å². The number of carbonyl (C=O) groups excluding carboxylic acids is 1. The molecule has 96 valence electrons. The number of hydrogen-bond acceptors (Lipinski definition) is 3. The summed E-state index contributed by atoms with van der Waals surface area (Å²) in [6.45, 7) is 5.20. The van der Waals surface area contributed by atoms with Gasteiger partial charge in [0.2, 0.25) is 0 Å². The molecule has 0 heterocycles. The maximum absolute atomic E-state index is 11.4. The molecule has 0 spiro atoms. The van der Waals surface area contributed by atoms with Crippen LogP contribution in [-0.4, -0.2) is 27.9 Å². The predicted molar refractivity (Wildman–Crippen MR) is 59.4 cm³/mol. The number of ketones is 1. The maximum Gasteiger partial charge on any atom is 0.307 e. The molecule has 0 aromatic rings. The molecule has 0 aromatic carbocycles. The Balaban J connectivity index is 2.98. The van der Waals surface area contributed by atoms with Gasteiger partial charge in [-0.15, -0.1) is 0 Å². The fourth-order valence-corrected chi connectivity index (χ4v) is 2.44. The average molecular weight is 242 g/mol. The lowest BCUT2D eigenvalue weighted by Crippen LogP contribution is -2.36. The van der Waals surface area contributed by atoms with Gasteiger partial charge < -0.3 is 10.2 Å². The van der Waals surface area contributed by atoms with Crippen molar-refractivity contribution >= 4 is 17.7 Å². The topological polar surface area (TPSA) is 91.7 Å². The molecule has 0 aromatic heterocycles. The summed E-state index contributed by atoms with van der Waals surface area (Å²) in [5.74, 6) is -3.67. The molecule has 1 aliphatic rings. The van der Waals surface area contributed by atoms with E-state index in [0.717, 1.165) is 0 Å². The standard InChI is InChI=1S/C12H18O5/c1-6(2)7(4-9(14)15)10(11(16)17)12(3)5-8(12)13/h6-7,10H,4-5H2,1-3H3,(H,14,15)(H,16,17). The Bertz CT molecular complexity index is 360. The van der Waals surface area contributed by atoms with Crippen molar-refractivity contribution in [3.8, 4) is 0 Å². The van der Waals surface area contributed by atoms with Crippen LogP contribution in [0.3, 0.4) is 0 Å². The van der Waals surface area contributed by atoms with Crippen LogP contribution < -0.4 is 0 Å². The first-order valence-electron chi connectivity index (χ1n) is 5.68. The van der Waals surface area contributed by atoms with E-state index in [1.54, 1.807) is 20.8 Å². The first kappa shape index (κ1) is 13.7. The molecule has 5 heteroatoms. The van der Waals surface area contributed by atoms with E-state index in [2.05, 4.69) is 0 Å². The van der Waals surface area contributed by atoms with Gasteiger partial charge in [-0.05, 0) is 11.8 Å². The Morgan fingerprint density at radius 3 is 2.06 bits per heavy atom. The van der Waals surface area contributed by atoms with E-state index in [0.29, 0.717) is 0 Å². The lowest BCUT2D eigenvalue weighted by Gasteiger charge is -2.29. The minimum Gasteiger partial charge on any atom is -0.481 e. The third kappa shape index (κ3) is 2.65. The van der Waals surface area contributed by atoms with Crippen molar-refractivity contribution in [3.05, 3.63) is 0 Å². The number of aliphatic carboxylic acids is 2. The Hall–Kier alpha value is -1.39. The van der Waals surface area contributed by atoms with Gasteiger partial charge in [0.25, 0.3) is 0 Å². The average Bonchev–Trinajstić information content (AvgIpc) is 2.72. The number of hydrogen-bond donors (Lipinski definition) is 2. The fourth-order valence-electron chi connectivity index (χ4n) is 2.44. The van der Waals surface area contributed by atoms with Crippen molar-refractivity contribution in [1.82, 2.24) is 0 Å². The number of carboxylic acid groups (broad SMARTS) is 2. The summed E-state index contributed by atoms with van der Waals surface area (Å²) < 4.78 is 0. The summed E-state index contributed by atoms with van der Waals surface area (Å²) in [4.78, 5) is 33.5. The summed E-state index contributed by atoms with van der Waals surface area (Å²) >= 11 is 0. The molecule has 1 fully saturated rings. The van der Waals surface area contributed by atoms with Crippen LogP contribution in [0.4, 0.5) is 0 Å². The SMILES string of the molecule is CC(C)C(CC(=O)O)C(C(=O)O)C1(C)CC1=O. The Kier molecular flexibility index (Phi) is 3.59. The normalized spacial score (nSPS) is 26.7. The second kappa shape index (κ2) is 4.47. The molecule has 1 aliphatic carbocycles. The molecule has 2 N–H and O–H groups in total. The molecule has 0 saturated heterocycles. The molecule has 0 radical (unpaired) electrons. The van der Waals surface area contributed by atoms with Crippen molar-refractivity contribution in [1.29, 1.82) is 0 Å². The van der Waals surface area contributed by atoms with Gasteiger partial charge in [0.05, 0.1) is 5.92 Å². The molecule has 17 heavy (non-hydrogen) atoms. The fraction of sp³-hybridized carbons (Fsp3) is 0.750. The van der Waals surface area contributed by atoms with Gasteiger partial charge in [-0.25, -0.2) is 0 Å². The Morgan fingerprint density at radius 1 is 1.35 bits per heavy atom. The second-order valence-electron chi connectivity index (χ2n) is 5.34. The highest BCUT2D eigenvalue weighted by atomic mass is 16.4. The smallest absolute Gasteiger partial charge is 0.307 e. The van der Waals surface area contributed by atoms with Crippen molar-refractivity contribution in [2.75, 3.05) is 0 Å². The van der Waals surface area contributed by atoms with Gasteiger partial charge in [-0.1, -0.05) is 20.8 Å². The largest absolute Gasteiger partial charge is 0.481 e. The molecule has 1 rings (SSSR count). The second-order valence-corrected chi connectivity index (χ2v) is 5.34. The Labute approximate surface area is 99.8 Å². The molecule has 5 nitrogen and oxygen atoms in total.